The summed E-state index contributed by atoms with van der Waals surface area (Å²) in [6.45, 7) is 0. The number of rotatable bonds is 4. The number of halogens is 1. The van der Waals surface area contributed by atoms with E-state index in [2.05, 4.69) is 4.72 Å². The highest BCUT2D eigenvalue weighted by molar-refractivity contribution is 7.89. The molecule has 9 heteroatoms. The number of nitrogens with zero attached hydrogens (tertiary/aromatic N) is 1. The largest absolute Gasteiger partial charge is 0.328 e. The van der Waals surface area contributed by atoms with Gasteiger partial charge in [0.05, 0.1) is 4.92 Å². The van der Waals surface area contributed by atoms with Gasteiger partial charge in [0.25, 0.3) is 5.69 Å². The first-order chi connectivity index (χ1) is 8.79. The van der Waals surface area contributed by atoms with Crippen LogP contribution in [0.1, 0.15) is 12.8 Å². The lowest BCUT2D eigenvalue weighted by Gasteiger charge is -2.32. The Balaban J connectivity index is 2.32. The number of benzene rings is 1. The zero-order valence-electron chi connectivity index (χ0n) is 9.74. The summed E-state index contributed by atoms with van der Waals surface area (Å²) in [4.78, 5) is 9.72. The fourth-order valence-corrected chi connectivity index (χ4v) is 3.48. The third-order valence-corrected chi connectivity index (χ3v) is 4.71. The monoisotopic (exact) mass is 305 g/mol. The first-order valence-corrected chi connectivity index (χ1v) is 7.37. The Labute approximate surface area is 114 Å². The molecule has 1 aliphatic rings. The topological polar surface area (TPSA) is 115 Å². The maximum atomic E-state index is 12.1. The number of nitro groups is 1. The molecule has 0 atom stereocenters. The summed E-state index contributed by atoms with van der Waals surface area (Å²) in [5.41, 5.74) is 5.03. The van der Waals surface area contributed by atoms with Gasteiger partial charge in [-0.3, -0.25) is 10.1 Å². The van der Waals surface area contributed by atoms with Crippen molar-refractivity contribution in [3.05, 3.63) is 33.3 Å². The number of nitrogens with two attached hydrogens (primary N) is 1. The summed E-state index contributed by atoms with van der Waals surface area (Å²) in [6, 6.07) is 3.16. The van der Waals surface area contributed by atoms with Crippen molar-refractivity contribution in [1.82, 2.24) is 4.72 Å². The molecule has 0 heterocycles. The first kappa shape index (κ1) is 14.2. The number of hydrogen-bond donors (Lipinski definition) is 2. The minimum absolute atomic E-state index is 0.0205. The molecule has 0 amide bonds. The second-order valence-corrected chi connectivity index (χ2v) is 6.54. The zero-order chi connectivity index (χ0) is 14.2. The molecule has 0 aliphatic heterocycles. The number of nitrogens with one attached hydrogen (secondary N) is 1. The standard InChI is InChI=1S/C10H12ClN3O4S/c11-6-1-2-10(9(3-6)14(15)16)19(17,18)13-8-4-7(12)5-8/h1-3,7-8,13H,4-5,12H2. The Bertz CT molecular complexity index is 613. The molecule has 3 N–H and O–H groups in total. The molecule has 0 unspecified atom stereocenters. The fourth-order valence-electron chi connectivity index (χ4n) is 1.90. The maximum absolute atomic E-state index is 12.1. The van der Waals surface area contributed by atoms with E-state index < -0.39 is 20.6 Å². The van der Waals surface area contributed by atoms with Crippen molar-refractivity contribution < 1.29 is 13.3 Å². The Morgan fingerprint density at radius 3 is 2.58 bits per heavy atom. The lowest BCUT2D eigenvalue weighted by atomic mass is 9.89. The van der Waals surface area contributed by atoms with Crippen LogP contribution in [0.2, 0.25) is 5.02 Å². The van der Waals surface area contributed by atoms with E-state index in [9.17, 15) is 18.5 Å². The number of nitro benzene ring substituents is 1. The smallest absolute Gasteiger partial charge is 0.290 e. The van der Waals surface area contributed by atoms with Crippen LogP contribution >= 0.6 is 11.6 Å². The predicted octanol–water partition coefficient (Wildman–Crippen LogP) is 1.02. The second-order valence-electron chi connectivity index (χ2n) is 4.42. The molecule has 19 heavy (non-hydrogen) atoms. The number of sulfonamides is 1. The van der Waals surface area contributed by atoms with Crippen molar-refractivity contribution in [2.75, 3.05) is 0 Å². The molecule has 0 bridgehead atoms. The summed E-state index contributed by atoms with van der Waals surface area (Å²) in [7, 11) is -3.94. The normalized spacial score (nSPS) is 22.8. The minimum Gasteiger partial charge on any atom is -0.328 e. The van der Waals surface area contributed by atoms with Gasteiger partial charge in [-0.25, -0.2) is 13.1 Å². The first-order valence-electron chi connectivity index (χ1n) is 5.51. The summed E-state index contributed by atoms with van der Waals surface area (Å²) < 4.78 is 26.6. The van der Waals surface area contributed by atoms with Gasteiger partial charge < -0.3 is 5.73 Å². The van der Waals surface area contributed by atoms with E-state index >= 15 is 0 Å². The highest BCUT2D eigenvalue weighted by Gasteiger charge is 2.33. The van der Waals surface area contributed by atoms with Crippen molar-refractivity contribution in [1.29, 1.82) is 0 Å². The van der Waals surface area contributed by atoms with Crippen LogP contribution in [0.4, 0.5) is 5.69 Å². The van der Waals surface area contributed by atoms with Gasteiger partial charge in [0.15, 0.2) is 4.90 Å². The molecule has 0 saturated heterocycles. The maximum Gasteiger partial charge on any atom is 0.290 e. The molecule has 1 fully saturated rings. The van der Waals surface area contributed by atoms with Crippen LogP contribution in [-0.2, 0) is 10.0 Å². The van der Waals surface area contributed by atoms with Crippen LogP contribution in [0.15, 0.2) is 23.1 Å². The van der Waals surface area contributed by atoms with Crippen molar-refractivity contribution in [2.24, 2.45) is 5.73 Å². The molecule has 7 nitrogen and oxygen atoms in total. The molecule has 104 valence electrons. The lowest BCUT2D eigenvalue weighted by Crippen LogP contribution is -2.50. The van der Waals surface area contributed by atoms with Crippen LogP contribution in [0.5, 0.6) is 0 Å². The summed E-state index contributed by atoms with van der Waals surface area (Å²) in [5.74, 6) is 0. The minimum atomic E-state index is -3.94. The molecule has 2 rings (SSSR count). The van der Waals surface area contributed by atoms with Crippen molar-refractivity contribution >= 4 is 27.3 Å². The van der Waals surface area contributed by atoms with Gasteiger partial charge in [0.2, 0.25) is 10.0 Å². The highest BCUT2D eigenvalue weighted by Crippen LogP contribution is 2.28. The lowest BCUT2D eigenvalue weighted by molar-refractivity contribution is -0.387. The van der Waals surface area contributed by atoms with Crippen LogP contribution in [0.3, 0.4) is 0 Å². The molecule has 1 aromatic carbocycles. The van der Waals surface area contributed by atoms with Gasteiger partial charge in [-0.2, -0.15) is 0 Å². The Morgan fingerprint density at radius 2 is 2.05 bits per heavy atom. The van der Waals surface area contributed by atoms with Gasteiger partial charge in [-0.15, -0.1) is 0 Å². The summed E-state index contributed by atoms with van der Waals surface area (Å²) >= 11 is 5.64. The molecular formula is C10H12ClN3O4S. The van der Waals surface area contributed by atoms with E-state index in [1.54, 1.807) is 0 Å². The van der Waals surface area contributed by atoms with Gasteiger partial charge in [-0.1, -0.05) is 11.6 Å². The third-order valence-electron chi connectivity index (χ3n) is 2.90. The Morgan fingerprint density at radius 1 is 1.42 bits per heavy atom. The van der Waals surface area contributed by atoms with Crippen molar-refractivity contribution in [3.8, 4) is 0 Å². The molecule has 1 saturated carbocycles. The number of hydrogen-bond acceptors (Lipinski definition) is 5. The molecule has 1 aromatic rings. The molecule has 0 spiro atoms. The third kappa shape index (κ3) is 3.03. The molecule has 1 aliphatic carbocycles. The average Bonchev–Trinajstić information content (AvgIpc) is 2.26. The Kier molecular flexibility index (Phi) is 3.77. The average molecular weight is 306 g/mol. The van der Waals surface area contributed by atoms with Gasteiger partial charge >= 0.3 is 0 Å². The van der Waals surface area contributed by atoms with Crippen LogP contribution in [0, 0.1) is 10.1 Å². The summed E-state index contributed by atoms with van der Waals surface area (Å²) in [6.07, 6.45) is 1.06. The van der Waals surface area contributed by atoms with E-state index in [4.69, 9.17) is 17.3 Å². The van der Waals surface area contributed by atoms with E-state index in [1.807, 2.05) is 0 Å². The molecule has 0 radical (unpaired) electrons. The fraction of sp³-hybridized carbons (Fsp3) is 0.400. The van der Waals surface area contributed by atoms with E-state index in [0.29, 0.717) is 12.8 Å². The van der Waals surface area contributed by atoms with Crippen LogP contribution in [-0.4, -0.2) is 25.4 Å². The molecular weight excluding hydrogens is 294 g/mol. The van der Waals surface area contributed by atoms with Crippen molar-refractivity contribution in [3.63, 3.8) is 0 Å². The van der Waals surface area contributed by atoms with E-state index in [0.717, 1.165) is 12.1 Å². The van der Waals surface area contributed by atoms with Gasteiger partial charge in [0.1, 0.15) is 0 Å². The quantitative estimate of drug-likeness (QED) is 0.636. The van der Waals surface area contributed by atoms with E-state index in [1.165, 1.54) is 6.07 Å². The zero-order valence-corrected chi connectivity index (χ0v) is 11.3. The predicted molar refractivity (Wildman–Crippen MR) is 69.4 cm³/mol. The molecule has 0 aromatic heterocycles. The Hall–Kier alpha value is -1.22. The highest BCUT2D eigenvalue weighted by atomic mass is 35.5. The van der Waals surface area contributed by atoms with Crippen LogP contribution in [0.25, 0.3) is 0 Å². The summed E-state index contributed by atoms with van der Waals surface area (Å²) in [5, 5.41) is 11.0. The van der Waals surface area contributed by atoms with Gasteiger partial charge in [0, 0.05) is 23.2 Å². The van der Waals surface area contributed by atoms with Gasteiger partial charge in [-0.05, 0) is 25.0 Å². The SMILES string of the molecule is NC1CC(NS(=O)(=O)c2ccc(Cl)cc2[N+](=O)[O-])C1. The van der Waals surface area contributed by atoms with Crippen LogP contribution < -0.4 is 10.5 Å². The van der Waals surface area contributed by atoms with Crippen molar-refractivity contribution in [2.45, 2.75) is 29.8 Å². The second kappa shape index (κ2) is 5.04. The van der Waals surface area contributed by atoms with E-state index in [-0.39, 0.29) is 22.0 Å².